The molecule has 1 aliphatic rings. The van der Waals surface area contributed by atoms with Crippen LogP contribution in [0, 0.1) is 0 Å². The molecule has 150 valence electrons. The van der Waals surface area contributed by atoms with Gasteiger partial charge in [0.1, 0.15) is 5.69 Å². The summed E-state index contributed by atoms with van der Waals surface area (Å²) in [6, 6.07) is 13.5. The fourth-order valence-corrected chi connectivity index (χ4v) is 3.15. The Morgan fingerprint density at radius 3 is 2.32 bits per heavy atom. The molecule has 0 spiro atoms. The van der Waals surface area contributed by atoms with Crippen molar-refractivity contribution in [2.24, 2.45) is 0 Å². The number of hydrogen-bond donors (Lipinski definition) is 2. The summed E-state index contributed by atoms with van der Waals surface area (Å²) < 4.78 is 0. The van der Waals surface area contributed by atoms with Crippen molar-refractivity contribution in [2.75, 3.05) is 36.8 Å². The Kier molecular flexibility index (Phi) is 7.87. The highest BCUT2D eigenvalue weighted by atomic mass is 16.2. The highest BCUT2D eigenvalue weighted by Gasteiger charge is 2.24. The summed E-state index contributed by atoms with van der Waals surface area (Å²) in [4.78, 5) is 24.3. The molecule has 0 saturated carbocycles. The summed E-state index contributed by atoms with van der Waals surface area (Å²) in [6.45, 7) is 10.8. The third-order valence-electron chi connectivity index (χ3n) is 4.44. The zero-order chi connectivity index (χ0) is 20.5. The number of carbonyl (C=O) groups excluding carboxylic acids is 1. The van der Waals surface area contributed by atoms with Gasteiger partial charge >= 0.3 is 0 Å². The monoisotopic (exact) mass is 381 g/mol. The Morgan fingerprint density at radius 2 is 1.68 bits per heavy atom. The number of nitrogens with one attached hydrogen (secondary N) is 1. The number of nitrogen functional groups attached to an aromatic ring is 1. The molecule has 4 rings (SSSR count). The fourth-order valence-electron chi connectivity index (χ4n) is 3.15. The van der Waals surface area contributed by atoms with Crippen molar-refractivity contribution in [3.05, 3.63) is 54.4 Å². The maximum atomic E-state index is 12.7. The number of nitrogens with two attached hydrogens (primary N) is 1. The minimum Gasteiger partial charge on any atom is -0.396 e. The van der Waals surface area contributed by atoms with Crippen LogP contribution in [-0.2, 0) is 0 Å². The fraction of sp³-hybridized carbons (Fsp3) is 0.364. The molecule has 6 heteroatoms. The largest absolute Gasteiger partial charge is 0.396 e. The first-order chi connectivity index (χ1) is 13.7. The van der Waals surface area contributed by atoms with Gasteiger partial charge in [0, 0.05) is 43.3 Å². The number of fused-ring (bicyclic) bond motifs is 1. The van der Waals surface area contributed by atoms with Gasteiger partial charge in [0.25, 0.3) is 5.91 Å². The molecule has 1 aliphatic heterocycles. The second-order valence-electron chi connectivity index (χ2n) is 5.97. The van der Waals surface area contributed by atoms with E-state index >= 15 is 0 Å². The van der Waals surface area contributed by atoms with E-state index in [4.69, 9.17) is 5.73 Å². The van der Waals surface area contributed by atoms with E-state index in [0.29, 0.717) is 24.5 Å². The molecular formula is C22H31N5O. The van der Waals surface area contributed by atoms with Crippen LogP contribution in [0.4, 0.5) is 11.5 Å². The molecule has 3 N–H and O–H groups in total. The van der Waals surface area contributed by atoms with Gasteiger partial charge in [-0.25, -0.2) is 4.98 Å². The molecular weight excluding hydrogens is 350 g/mol. The van der Waals surface area contributed by atoms with Crippen molar-refractivity contribution in [3.63, 3.8) is 0 Å². The van der Waals surface area contributed by atoms with Crippen molar-refractivity contribution in [1.29, 1.82) is 0 Å². The molecule has 0 aliphatic carbocycles. The van der Waals surface area contributed by atoms with E-state index in [1.807, 2.05) is 75.1 Å². The average Bonchev–Trinajstić information content (AvgIpc) is 3.21. The predicted molar refractivity (Wildman–Crippen MR) is 118 cm³/mol. The first-order valence-corrected chi connectivity index (χ1v) is 10.0. The number of hydrogen-bond acceptors (Lipinski definition) is 4. The number of anilines is 2. The summed E-state index contributed by atoms with van der Waals surface area (Å²) in [5.74, 6) is 0.843. The third-order valence-corrected chi connectivity index (χ3v) is 4.44. The zero-order valence-corrected chi connectivity index (χ0v) is 17.3. The van der Waals surface area contributed by atoms with Crippen molar-refractivity contribution < 1.29 is 4.79 Å². The van der Waals surface area contributed by atoms with Gasteiger partial charge in [0.05, 0.1) is 5.69 Å². The van der Waals surface area contributed by atoms with Gasteiger partial charge in [-0.1, -0.05) is 45.9 Å². The SMILES string of the molecule is CC.CC.Nc1cccnc1N1CCN(C(=O)c2cc3ccccc3[nH]2)CC1. The molecule has 28 heavy (non-hydrogen) atoms. The molecule has 3 heterocycles. The third kappa shape index (κ3) is 4.63. The minimum absolute atomic E-state index is 0.0415. The smallest absolute Gasteiger partial charge is 0.270 e. The van der Waals surface area contributed by atoms with Crippen LogP contribution in [0.2, 0.25) is 0 Å². The molecule has 0 atom stereocenters. The van der Waals surface area contributed by atoms with Gasteiger partial charge in [-0.3, -0.25) is 4.79 Å². The summed E-state index contributed by atoms with van der Waals surface area (Å²) in [5, 5.41) is 1.06. The number of rotatable bonds is 2. The molecule has 3 aromatic rings. The van der Waals surface area contributed by atoms with Crippen molar-refractivity contribution >= 4 is 28.3 Å². The van der Waals surface area contributed by atoms with Crippen LogP contribution in [0.5, 0.6) is 0 Å². The quantitative estimate of drug-likeness (QED) is 0.699. The first-order valence-electron chi connectivity index (χ1n) is 10.0. The Morgan fingerprint density at radius 1 is 1.00 bits per heavy atom. The second kappa shape index (κ2) is 10.3. The topological polar surface area (TPSA) is 78.2 Å². The standard InChI is InChI=1S/C18H19N5O.2C2H6/c19-14-5-3-7-20-17(14)22-8-10-23(11-9-22)18(24)16-12-13-4-1-2-6-15(13)21-16;2*1-2/h1-7,12,21H,8-11,19H2;2*1-2H3. The number of piperazine rings is 1. The van der Waals surface area contributed by atoms with Crippen LogP contribution in [0.15, 0.2) is 48.7 Å². The van der Waals surface area contributed by atoms with Gasteiger partial charge < -0.3 is 20.5 Å². The number of aromatic amines is 1. The maximum Gasteiger partial charge on any atom is 0.270 e. The predicted octanol–water partition coefficient (Wildman–Crippen LogP) is 4.16. The van der Waals surface area contributed by atoms with E-state index in [1.54, 1.807) is 6.20 Å². The van der Waals surface area contributed by atoms with Crippen LogP contribution in [0.1, 0.15) is 38.2 Å². The van der Waals surface area contributed by atoms with Crippen molar-refractivity contribution in [3.8, 4) is 0 Å². The van der Waals surface area contributed by atoms with Gasteiger partial charge in [-0.2, -0.15) is 0 Å². The van der Waals surface area contributed by atoms with Gasteiger partial charge in [0.2, 0.25) is 0 Å². The maximum absolute atomic E-state index is 12.7. The normalized spacial score (nSPS) is 13.3. The number of aromatic nitrogens is 2. The molecule has 0 bridgehead atoms. The van der Waals surface area contributed by atoms with E-state index in [9.17, 15) is 4.79 Å². The minimum atomic E-state index is 0.0415. The Hall–Kier alpha value is -3.02. The molecule has 0 unspecified atom stereocenters. The summed E-state index contributed by atoms with van der Waals surface area (Å²) >= 11 is 0. The van der Waals surface area contributed by atoms with E-state index in [1.165, 1.54) is 0 Å². The number of para-hydroxylation sites is 1. The van der Waals surface area contributed by atoms with E-state index in [-0.39, 0.29) is 5.91 Å². The molecule has 1 saturated heterocycles. The molecule has 1 aromatic carbocycles. The molecule has 6 nitrogen and oxygen atoms in total. The van der Waals surface area contributed by atoms with E-state index < -0.39 is 0 Å². The number of amides is 1. The average molecular weight is 382 g/mol. The van der Waals surface area contributed by atoms with Crippen LogP contribution in [0.3, 0.4) is 0 Å². The lowest BCUT2D eigenvalue weighted by atomic mass is 10.2. The molecule has 1 fully saturated rings. The lowest BCUT2D eigenvalue weighted by Crippen LogP contribution is -2.49. The molecule has 2 aromatic heterocycles. The van der Waals surface area contributed by atoms with Gasteiger partial charge in [0.15, 0.2) is 5.82 Å². The van der Waals surface area contributed by atoms with Crippen LogP contribution in [-0.4, -0.2) is 47.0 Å². The van der Waals surface area contributed by atoms with Crippen LogP contribution < -0.4 is 10.6 Å². The lowest BCUT2D eigenvalue weighted by Gasteiger charge is -2.35. The highest BCUT2D eigenvalue weighted by molar-refractivity contribution is 5.98. The molecule has 0 radical (unpaired) electrons. The Bertz CT molecular complexity index is 848. The van der Waals surface area contributed by atoms with Crippen molar-refractivity contribution in [1.82, 2.24) is 14.9 Å². The zero-order valence-electron chi connectivity index (χ0n) is 17.3. The lowest BCUT2D eigenvalue weighted by molar-refractivity contribution is 0.0741. The number of benzene rings is 1. The summed E-state index contributed by atoms with van der Waals surface area (Å²) in [5.41, 5.74) is 8.29. The Balaban J connectivity index is 0.000000660. The number of H-pyrrole nitrogens is 1. The number of carbonyl (C=O) groups is 1. The summed E-state index contributed by atoms with van der Waals surface area (Å²) in [6.07, 6.45) is 1.74. The second-order valence-corrected chi connectivity index (χ2v) is 5.97. The Labute approximate surface area is 167 Å². The number of nitrogens with zero attached hydrogens (tertiary/aromatic N) is 3. The highest BCUT2D eigenvalue weighted by Crippen LogP contribution is 2.22. The van der Waals surface area contributed by atoms with Crippen molar-refractivity contribution in [2.45, 2.75) is 27.7 Å². The molecule has 1 amide bonds. The number of pyridine rings is 1. The van der Waals surface area contributed by atoms with Gasteiger partial charge in [-0.05, 0) is 24.3 Å². The van der Waals surface area contributed by atoms with E-state index in [0.717, 1.165) is 29.8 Å². The van der Waals surface area contributed by atoms with E-state index in [2.05, 4.69) is 14.9 Å². The van der Waals surface area contributed by atoms with Crippen LogP contribution in [0.25, 0.3) is 10.9 Å². The van der Waals surface area contributed by atoms with Crippen LogP contribution >= 0.6 is 0 Å². The first kappa shape index (κ1) is 21.3. The van der Waals surface area contributed by atoms with Gasteiger partial charge in [-0.15, -0.1) is 0 Å². The summed E-state index contributed by atoms with van der Waals surface area (Å²) in [7, 11) is 0.